The van der Waals surface area contributed by atoms with E-state index in [-0.39, 0.29) is 5.91 Å². The lowest BCUT2D eigenvalue weighted by atomic mass is 10.1. The minimum Gasteiger partial charge on any atom is -0.340 e. The van der Waals surface area contributed by atoms with E-state index in [0.29, 0.717) is 13.0 Å². The average molecular weight is 376 g/mol. The number of amides is 2. The second kappa shape index (κ2) is 7.06. The first kappa shape index (κ1) is 18.9. The van der Waals surface area contributed by atoms with Gasteiger partial charge in [-0.1, -0.05) is 18.2 Å². The van der Waals surface area contributed by atoms with Gasteiger partial charge in [0.05, 0.1) is 11.1 Å². The summed E-state index contributed by atoms with van der Waals surface area (Å²) in [6.45, 7) is 4.24. The summed E-state index contributed by atoms with van der Waals surface area (Å²) in [7, 11) is 0. The molecule has 4 nitrogen and oxygen atoms in total. The van der Waals surface area contributed by atoms with Gasteiger partial charge in [0.2, 0.25) is 5.91 Å². The average Bonchev–Trinajstić information content (AvgIpc) is 2.94. The molecule has 1 fully saturated rings. The Balaban J connectivity index is 1.78. The predicted octanol–water partition coefficient (Wildman–Crippen LogP) is 3.86. The number of anilines is 1. The number of nitrogens with one attached hydrogen (secondary N) is 1. The number of hydrogen-bond donors (Lipinski definition) is 1. The van der Waals surface area contributed by atoms with Gasteiger partial charge in [0.25, 0.3) is 5.91 Å². The molecule has 142 valence electrons. The molecule has 2 amide bonds. The number of halogens is 3. The van der Waals surface area contributed by atoms with Crippen LogP contribution in [0.1, 0.15) is 33.5 Å². The molecule has 1 aliphatic heterocycles. The Labute approximate surface area is 155 Å². The molecule has 0 aliphatic carbocycles. The number of carbonyl (C=O) groups excluding carboxylic acids is 2. The Bertz CT molecular complexity index is 873. The van der Waals surface area contributed by atoms with Crippen molar-refractivity contribution in [3.63, 3.8) is 0 Å². The number of hydrogen-bond acceptors (Lipinski definition) is 2. The minimum atomic E-state index is -4.64. The van der Waals surface area contributed by atoms with Gasteiger partial charge in [-0.05, 0) is 55.7 Å². The summed E-state index contributed by atoms with van der Waals surface area (Å²) in [6.07, 6.45) is -4.30. The van der Waals surface area contributed by atoms with Crippen molar-refractivity contribution < 1.29 is 22.8 Å². The quantitative estimate of drug-likeness (QED) is 0.884. The molecule has 0 saturated carbocycles. The van der Waals surface area contributed by atoms with E-state index in [9.17, 15) is 22.8 Å². The zero-order valence-electron chi connectivity index (χ0n) is 14.9. The van der Waals surface area contributed by atoms with Crippen LogP contribution in [0.5, 0.6) is 0 Å². The summed E-state index contributed by atoms with van der Waals surface area (Å²) in [5.41, 5.74) is 1.24. The maximum absolute atomic E-state index is 13.1. The van der Waals surface area contributed by atoms with Crippen LogP contribution in [-0.4, -0.2) is 24.4 Å². The third-order valence-corrected chi connectivity index (χ3v) is 4.51. The van der Waals surface area contributed by atoms with Crippen molar-refractivity contribution in [3.05, 3.63) is 64.7 Å². The standard InChI is InChI=1S/C20H19F3N2O2/c1-12-9-13(2)11-14(10-12)25-8-7-17(19(25)27)24-18(26)15-5-3-4-6-16(15)20(21,22)23/h3-6,9-11,17H,7-8H2,1-2H3,(H,24,26). The largest absolute Gasteiger partial charge is 0.417 e. The van der Waals surface area contributed by atoms with Gasteiger partial charge in [-0.2, -0.15) is 13.2 Å². The van der Waals surface area contributed by atoms with Crippen LogP contribution in [0.15, 0.2) is 42.5 Å². The number of rotatable bonds is 3. The van der Waals surface area contributed by atoms with E-state index >= 15 is 0 Å². The molecule has 2 aromatic carbocycles. The van der Waals surface area contributed by atoms with Crippen LogP contribution in [0.2, 0.25) is 0 Å². The van der Waals surface area contributed by atoms with E-state index in [0.717, 1.165) is 28.9 Å². The van der Waals surface area contributed by atoms with Crippen LogP contribution in [-0.2, 0) is 11.0 Å². The molecule has 1 heterocycles. The molecule has 1 atom stereocenters. The Morgan fingerprint density at radius 3 is 2.37 bits per heavy atom. The van der Waals surface area contributed by atoms with Gasteiger partial charge in [0.15, 0.2) is 0 Å². The Kier molecular flexibility index (Phi) is 4.95. The predicted molar refractivity (Wildman–Crippen MR) is 95.6 cm³/mol. The molecule has 27 heavy (non-hydrogen) atoms. The van der Waals surface area contributed by atoms with Crippen molar-refractivity contribution in [3.8, 4) is 0 Å². The molecule has 1 saturated heterocycles. The smallest absolute Gasteiger partial charge is 0.340 e. The Morgan fingerprint density at radius 2 is 1.74 bits per heavy atom. The second-order valence-electron chi connectivity index (χ2n) is 6.69. The lowest BCUT2D eigenvalue weighted by molar-refractivity contribution is -0.137. The third-order valence-electron chi connectivity index (χ3n) is 4.51. The van der Waals surface area contributed by atoms with E-state index < -0.39 is 29.3 Å². The fraction of sp³-hybridized carbons (Fsp3) is 0.300. The highest BCUT2D eigenvalue weighted by Gasteiger charge is 2.37. The molecule has 1 unspecified atom stereocenters. The molecule has 0 aromatic heterocycles. The fourth-order valence-corrected chi connectivity index (χ4v) is 3.34. The normalized spacial score (nSPS) is 17.3. The van der Waals surface area contributed by atoms with Crippen molar-refractivity contribution in [1.29, 1.82) is 0 Å². The number of benzene rings is 2. The van der Waals surface area contributed by atoms with E-state index in [1.807, 2.05) is 32.0 Å². The third kappa shape index (κ3) is 3.97. The van der Waals surface area contributed by atoms with Crippen molar-refractivity contribution in [2.75, 3.05) is 11.4 Å². The lowest BCUT2D eigenvalue weighted by Crippen LogP contribution is -2.42. The van der Waals surface area contributed by atoms with Crippen molar-refractivity contribution in [2.24, 2.45) is 0 Å². The zero-order valence-corrected chi connectivity index (χ0v) is 14.9. The van der Waals surface area contributed by atoms with Gasteiger partial charge in [0, 0.05) is 12.2 Å². The highest BCUT2D eigenvalue weighted by molar-refractivity contribution is 6.04. The van der Waals surface area contributed by atoms with Gasteiger partial charge in [-0.3, -0.25) is 9.59 Å². The first-order valence-corrected chi connectivity index (χ1v) is 8.53. The first-order valence-electron chi connectivity index (χ1n) is 8.53. The summed E-state index contributed by atoms with van der Waals surface area (Å²) in [5, 5.41) is 2.46. The summed E-state index contributed by atoms with van der Waals surface area (Å²) in [6, 6.07) is 9.43. The molecule has 7 heteroatoms. The summed E-state index contributed by atoms with van der Waals surface area (Å²) in [5.74, 6) is -1.22. The topological polar surface area (TPSA) is 49.4 Å². The van der Waals surface area contributed by atoms with Crippen LogP contribution in [0.3, 0.4) is 0 Å². The van der Waals surface area contributed by atoms with Crippen molar-refractivity contribution in [1.82, 2.24) is 5.32 Å². The van der Waals surface area contributed by atoms with Crippen molar-refractivity contribution >= 4 is 17.5 Å². The molecule has 3 rings (SSSR count). The van der Waals surface area contributed by atoms with E-state index in [2.05, 4.69) is 5.32 Å². The Hall–Kier alpha value is -2.83. The number of carbonyl (C=O) groups is 2. The number of aryl methyl sites for hydroxylation is 2. The van der Waals surface area contributed by atoms with Gasteiger partial charge < -0.3 is 10.2 Å². The van der Waals surface area contributed by atoms with E-state index in [4.69, 9.17) is 0 Å². The molecule has 0 bridgehead atoms. The highest BCUT2D eigenvalue weighted by Crippen LogP contribution is 2.32. The van der Waals surface area contributed by atoms with Crippen LogP contribution in [0.25, 0.3) is 0 Å². The second-order valence-corrected chi connectivity index (χ2v) is 6.69. The maximum Gasteiger partial charge on any atom is 0.417 e. The first-order chi connectivity index (χ1) is 12.7. The van der Waals surface area contributed by atoms with Gasteiger partial charge >= 0.3 is 6.18 Å². The summed E-state index contributed by atoms with van der Waals surface area (Å²) < 4.78 is 39.3. The van der Waals surface area contributed by atoms with Gasteiger partial charge in [-0.15, -0.1) is 0 Å². The van der Waals surface area contributed by atoms with Gasteiger partial charge in [-0.25, -0.2) is 0 Å². The lowest BCUT2D eigenvalue weighted by Gasteiger charge is -2.19. The SMILES string of the molecule is Cc1cc(C)cc(N2CCC(NC(=O)c3ccccc3C(F)(F)F)C2=O)c1. The molecular formula is C20H19F3N2O2. The maximum atomic E-state index is 13.1. The van der Waals surface area contributed by atoms with Gasteiger partial charge in [0.1, 0.15) is 6.04 Å². The van der Waals surface area contributed by atoms with E-state index in [1.54, 1.807) is 4.90 Å². The monoisotopic (exact) mass is 376 g/mol. The molecule has 1 aliphatic rings. The van der Waals surface area contributed by atoms with E-state index in [1.165, 1.54) is 12.1 Å². The van der Waals surface area contributed by atoms with Crippen LogP contribution >= 0.6 is 0 Å². The number of alkyl halides is 3. The minimum absolute atomic E-state index is 0.321. The molecule has 1 N–H and O–H groups in total. The zero-order chi connectivity index (χ0) is 19.8. The summed E-state index contributed by atoms with van der Waals surface area (Å²) in [4.78, 5) is 26.6. The van der Waals surface area contributed by atoms with Crippen LogP contribution < -0.4 is 10.2 Å². The molecule has 0 spiro atoms. The number of nitrogens with zero attached hydrogens (tertiary/aromatic N) is 1. The molecule has 2 aromatic rings. The fourth-order valence-electron chi connectivity index (χ4n) is 3.34. The molecule has 0 radical (unpaired) electrons. The van der Waals surface area contributed by atoms with Crippen molar-refractivity contribution in [2.45, 2.75) is 32.5 Å². The van der Waals surface area contributed by atoms with Crippen LogP contribution in [0.4, 0.5) is 18.9 Å². The summed E-state index contributed by atoms with van der Waals surface area (Å²) >= 11 is 0. The van der Waals surface area contributed by atoms with Crippen LogP contribution in [0, 0.1) is 13.8 Å². The molecular weight excluding hydrogens is 357 g/mol. The highest BCUT2D eigenvalue weighted by atomic mass is 19.4. The Morgan fingerprint density at radius 1 is 1.11 bits per heavy atom.